The van der Waals surface area contributed by atoms with Crippen LogP contribution in [0, 0.1) is 6.92 Å². The van der Waals surface area contributed by atoms with Crippen molar-refractivity contribution in [2.75, 3.05) is 0 Å². The van der Waals surface area contributed by atoms with Gasteiger partial charge in [0.1, 0.15) is 17.0 Å². The molecule has 0 spiro atoms. The quantitative estimate of drug-likeness (QED) is 0.593. The molecule has 0 atom stereocenters. The maximum atomic E-state index is 12.6. The first-order chi connectivity index (χ1) is 13.1. The van der Waals surface area contributed by atoms with Crippen LogP contribution in [-0.4, -0.2) is 25.1 Å². The van der Waals surface area contributed by atoms with E-state index in [9.17, 15) is 4.79 Å². The van der Waals surface area contributed by atoms with E-state index in [1.165, 1.54) is 0 Å². The molecule has 0 bridgehead atoms. The predicted molar refractivity (Wildman–Crippen MR) is 101 cm³/mol. The van der Waals surface area contributed by atoms with E-state index in [4.69, 9.17) is 4.74 Å². The predicted octanol–water partition coefficient (Wildman–Crippen LogP) is 3.10. The molecule has 0 saturated heterocycles. The summed E-state index contributed by atoms with van der Waals surface area (Å²) in [4.78, 5) is 16.9. The van der Waals surface area contributed by atoms with Crippen molar-refractivity contribution in [2.24, 2.45) is 7.05 Å². The van der Waals surface area contributed by atoms with Crippen LogP contribution in [-0.2, 0) is 13.6 Å². The van der Waals surface area contributed by atoms with Gasteiger partial charge in [0.15, 0.2) is 0 Å². The fraction of sp³-hybridized carbons (Fsp3) is 0.150. The number of hydrogen-bond acceptors (Lipinski definition) is 4. The Kier molecular flexibility index (Phi) is 4.33. The average Bonchev–Trinajstić information content (AvgIpc) is 3.26. The molecule has 27 heavy (non-hydrogen) atoms. The number of aryl methyl sites for hydroxylation is 2. The minimum atomic E-state index is -0.197. The van der Waals surface area contributed by atoms with Gasteiger partial charge in [0.05, 0.1) is 6.20 Å². The van der Waals surface area contributed by atoms with E-state index in [1.807, 2.05) is 61.1 Å². The highest BCUT2D eigenvalue weighted by Crippen LogP contribution is 2.25. The number of pyridine rings is 1. The van der Waals surface area contributed by atoms with Gasteiger partial charge in [-0.05, 0) is 24.6 Å². The SMILES string of the molecule is Cc1ccccc1Oc1ncccc1CNC(=O)c1cnn2ccn(C)c12. The van der Waals surface area contributed by atoms with Gasteiger partial charge in [0, 0.05) is 37.7 Å². The molecule has 0 radical (unpaired) electrons. The minimum absolute atomic E-state index is 0.197. The van der Waals surface area contributed by atoms with Crippen molar-refractivity contribution in [3.63, 3.8) is 0 Å². The van der Waals surface area contributed by atoms with Crippen LogP contribution in [0.4, 0.5) is 0 Å². The number of ether oxygens (including phenoxy) is 1. The van der Waals surface area contributed by atoms with Crippen molar-refractivity contribution >= 4 is 11.6 Å². The zero-order chi connectivity index (χ0) is 18.8. The van der Waals surface area contributed by atoms with E-state index in [0.717, 1.165) is 22.5 Å². The Labute approximate surface area is 156 Å². The number of para-hydroxylation sites is 1. The molecule has 1 N–H and O–H groups in total. The van der Waals surface area contributed by atoms with Crippen molar-refractivity contribution < 1.29 is 9.53 Å². The lowest BCUT2D eigenvalue weighted by Gasteiger charge is -2.12. The molecule has 136 valence electrons. The lowest BCUT2D eigenvalue weighted by atomic mass is 10.2. The number of amides is 1. The van der Waals surface area contributed by atoms with Gasteiger partial charge in [-0.15, -0.1) is 0 Å². The van der Waals surface area contributed by atoms with E-state index in [1.54, 1.807) is 23.1 Å². The molecule has 0 fully saturated rings. The van der Waals surface area contributed by atoms with Gasteiger partial charge in [-0.3, -0.25) is 4.79 Å². The molecular formula is C20H19N5O2. The van der Waals surface area contributed by atoms with Crippen LogP contribution in [0.1, 0.15) is 21.5 Å². The van der Waals surface area contributed by atoms with Crippen molar-refractivity contribution in [2.45, 2.75) is 13.5 Å². The number of nitrogens with one attached hydrogen (secondary N) is 1. The van der Waals surface area contributed by atoms with Gasteiger partial charge in [-0.25, -0.2) is 9.50 Å². The number of hydrogen-bond donors (Lipinski definition) is 1. The lowest BCUT2D eigenvalue weighted by molar-refractivity contribution is 0.0952. The molecule has 4 aromatic rings. The Balaban J connectivity index is 1.52. The summed E-state index contributed by atoms with van der Waals surface area (Å²) in [6.07, 6.45) is 6.90. The second-order valence-corrected chi connectivity index (χ2v) is 6.25. The molecule has 7 heteroatoms. The molecule has 7 nitrogen and oxygen atoms in total. The minimum Gasteiger partial charge on any atom is -0.438 e. The number of fused-ring (bicyclic) bond motifs is 1. The number of imidazole rings is 1. The van der Waals surface area contributed by atoms with Crippen LogP contribution >= 0.6 is 0 Å². The molecular weight excluding hydrogens is 342 g/mol. The Hall–Kier alpha value is -3.61. The van der Waals surface area contributed by atoms with Gasteiger partial charge in [0.25, 0.3) is 5.91 Å². The zero-order valence-corrected chi connectivity index (χ0v) is 15.1. The number of aromatic nitrogens is 4. The monoisotopic (exact) mass is 361 g/mol. The molecule has 0 aliphatic carbocycles. The summed E-state index contributed by atoms with van der Waals surface area (Å²) in [7, 11) is 1.88. The fourth-order valence-corrected chi connectivity index (χ4v) is 2.91. The molecule has 0 aliphatic heterocycles. The third kappa shape index (κ3) is 3.27. The van der Waals surface area contributed by atoms with Crippen LogP contribution in [0.2, 0.25) is 0 Å². The summed E-state index contributed by atoms with van der Waals surface area (Å²) < 4.78 is 9.49. The fourth-order valence-electron chi connectivity index (χ4n) is 2.91. The first-order valence-corrected chi connectivity index (χ1v) is 8.58. The number of carbonyl (C=O) groups excluding carboxylic acids is 1. The topological polar surface area (TPSA) is 73.4 Å². The Morgan fingerprint density at radius 1 is 1.19 bits per heavy atom. The third-order valence-corrected chi connectivity index (χ3v) is 4.37. The summed E-state index contributed by atoms with van der Waals surface area (Å²) >= 11 is 0. The van der Waals surface area contributed by atoms with Gasteiger partial charge in [-0.2, -0.15) is 5.10 Å². The molecule has 1 aromatic carbocycles. The summed E-state index contributed by atoms with van der Waals surface area (Å²) in [5.74, 6) is 1.02. The second kappa shape index (κ2) is 6.95. The third-order valence-electron chi connectivity index (χ3n) is 4.37. The summed E-state index contributed by atoms with van der Waals surface area (Å²) in [5.41, 5.74) is 3.08. The first kappa shape index (κ1) is 16.8. The average molecular weight is 361 g/mol. The molecule has 4 rings (SSSR count). The molecule has 0 aliphatic rings. The largest absolute Gasteiger partial charge is 0.438 e. The number of benzene rings is 1. The van der Waals surface area contributed by atoms with Gasteiger partial charge in [0.2, 0.25) is 5.88 Å². The second-order valence-electron chi connectivity index (χ2n) is 6.25. The first-order valence-electron chi connectivity index (χ1n) is 8.58. The highest BCUT2D eigenvalue weighted by molar-refractivity contribution is 5.99. The van der Waals surface area contributed by atoms with Crippen LogP contribution in [0.5, 0.6) is 11.6 Å². The number of carbonyl (C=O) groups is 1. The molecule has 0 saturated carbocycles. The van der Waals surface area contributed by atoms with Crippen molar-refractivity contribution in [3.8, 4) is 11.6 Å². The summed E-state index contributed by atoms with van der Waals surface area (Å²) in [6, 6.07) is 11.4. The van der Waals surface area contributed by atoms with E-state index >= 15 is 0 Å². The molecule has 3 heterocycles. The summed E-state index contributed by atoms with van der Waals surface area (Å²) in [5, 5.41) is 7.12. The maximum Gasteiger partial charge on any atom is 0.256 e. The van der Waals surface area contributed by atoms with Crippen molar-refractivity contribution in [3.05, 3.63) is 77.9 Å². The Morgan fingerprint density at radius 2 is 2.04 bits per heavy atom. The van der Waals surface area contributed by atoms with E-state index in [0.29, 0.717) is 18.0 Å². The standard InChI is InChI=1S/C20H19N5O2/c1-14-6-3-4-8-17(14)27-19-15(7-5-9-21-19)12-22-18(26)16-13-23-25-11-10-24(2)20(16)25/h3-11,13H,12H2,1-2H3,(H,22,26). The van der Waals surface area contributed by atoms with Gasteiger partial charge >= 0.3 is 0 Å². The normalized spacial score (nSPS) is 10.9. The number of nitrogens with zero attached hydrogens (tertiary/aromatic N) is 4. The molecule has 0 unspecified atom stereocenters. The van der Waals surface area contributed by atoms with Crippen LogP contribution in [0.15, 0.2) is 61.2 Å². The van der Waals surface area contributed by atoms with Crippen molar-refractivity contribution in [1.29, 1.82) is 0 Å². The van der Waals surface area contributed by atoms with Gasteiger partial charge in [-0.1, -0.05) is 24.3 Å². The summed E-state index contributed by atoms with van der Waals surface area (Å²) in [6.45, 7) is 2.28. The maximum absolute atomic E-state index is 12.6. The highest BCUT2D eigenvalue weighted by Gasteiger charge is 2.16. The highest BCUT2D eigenvalue weighted by atomic mass is 16.5. The number of rotatable bonds is 5. The van der Waals surface area contributed by atoms with Gasteiger partial charge < -0.3 is 14.6 Å². The van der Waals surface area contributed by atoms with Crippen molar-refractivity contribution in [1.82, 2.24) is 24.5 Å². The van der Waals surface area contributed by atoms with Crippen LogP contribution < -0.4 is 10.1 Å². The van der Waals surface area contributed by atoms with Crippen LogP contribution in [0.3, 0.4) is 0 Å². The zero-order valence-electron chi connectivity index (χ0n) is 15.1. The van der Waals surface area contributed by atoms with E-state index in [-0.39, 0.29) is 5.91 Å². The van der Waals surface area contributed by atoms with Crippen LogP contribution in [0.25, 0.3) is 5.65 Å². The Bertz CT molecular complexity index is 1110. The van der Waals surface area contributed by atoms with E-state index in [2.05, 4.69) is 15.4 Å². The lowest BCUT2D eigenvalue weighted by Crippen LogP contribution is -2.23. The Morgan fingerprint density at radius 3 is 2.89 bits per heavy atom. The molecule has 1 amide bonds. The van der Waals surface area contributed by atoms with E-state index < -0.39 is 0 Å². The molecule has 3 aromatic heterocycles. The smallest absolute Gasteiger partial charge is 0.256 e.